The highest BCUT2D eigenvalue weighted by molar-refractivity contribution is 8.00. The molecular formula is C33H49N5O2S. The van der Waals surface area contributed by atoms with E-state index in [0.29, 0.717) is 29.3 Å². The molecule has 2 aliphatic heterocycles. The van der Waals surface area contributed by atoms with E-state index >= 15 is 0 Å². The zero-order valence-corrected chi connectivity index (χ0v) is 25.5. The van der Waals surface area contributed by atoms with E-state index < -0.39 is 0 Å². The molecule has 2 aliphatic carbocycles. The van der Waals surface area contributed by atoms with E-state index in [4.69, 9.17) is 0 Å². The Bertz CT molecular complexity index is 1140. The van der Waals surface area contributed by atoms with Gasteiger partial charge in [-0.3, -0.25) is 14.6 Å². The number of carbonyl (C=O) groups is 2. The number of likely N-dealkylation sites (tertiary alicyclic amines) is 1. The lowest BCUT2D eigenvalue weighted by Gasteiger charge is -2.48. The monoisotopic (exact) mass is 579 g/mol. The van der Waals surface area contributed by atoms with Crippen LogP contribution in [0, 0.1) is 17.8 Å². The Morgan fingerprint density at radius 2 is 1.85 bits per heavy atom. The van der Waals surface area contributed by atoms with Crippen molar-refractivity contribution in [2.45, 2.75) is 107 Å². The van der Waals surface area contributed by atoms with Crippen LogP contribution in [0.3, 0.4) is 0 Å². The Hall–Kier alpha value is -2.06. The van der Waals surface area contributed by atoms with Gasteiger partial charge in [0.15, 0.2) is 0 Å². The Labute approximate surface area is 249 Å². The Morgan fingerprint density at radius 1 is 1.05 bits per heavy atom. The Balaban J connectivity index is 0.897. The van der Waals surface area contributed by atoms with Gasteiger partial charge in [-0.05, 0) is 75.3 Å². The first-order valence-corrected chi connectivity index (χ1v) is 17.5. The SMILES string of the molecule is O=C(NCCCCC1CCN(C(=O)C2CCC3(C4CCCCCCC4)NCSC3C2)CC1)c1cc2cnccc2[nH]1. The number of aromatic amines is 1. The number of carbonyl (C=O) groups excluding carboxylic acids is 2. The third-order valence-electron chi connectivity index (χ3n) is 10.8. The number of aromatic nitrogens is 2. The molecule has 0 radical (unpaired) electrons. The molecule has 4 aliphatic rings. The number of amides is 2. The zero-order valence-electron chi connectivity index (χ0n) is 24.7. The smallest absolute Gasteiger partial charge is 0.267 e. The second kappa shape index (κ2) is 13.5. The van der Waals surface area contributed by atoms with Crippen molar-refractivity contribution in [1.82, 2.24) is 25.5 Å². The molecular weight excluding hydrogens is 530 g/mol. The third-order valence-corrected chi connectivity index (χ3v) is 12.1. The van der Waals surface area contributed by atoms with Crippen molar-refractivity contribution in [3.8, 4) is 0 Å². The number of hydrogen-bond acceptors (Lipinski definition) is 5. The van der Waals surface area contributed by atoms with Crippen LogP contribution in [-0.4, -0.2) is 63.0 Å². The molecule has 3 N–H and O–H groups in total. The number of H-pyrrole nitrogens is 1. The van der Waals surface area contributed by atoms with Crippen molar-refractivity contribution < 1.29 is 9.59 Å². The number of unbranched alkanes of at least 4 members (excludes halogenated alkanes) is 1. The van der Waals surface area contributed by atoms with Gasteiger partial charge < -0.3 is 20.5 Å². The molecule has 6 rings (SSSR count). The minimum atomic E-state index is -0.0514. The molecule has 4 heterocycles. The van der Waals surface area contributed by atoms with Gasteiger partial charge in [0.05, 0.1) is 0 Å². The summed E-state index contributed by atoms with van der Waals surface area (Å²) in [4.78, 5) is 35.6. The van der Waals surface area contributed by atoms with E-state index in [1.807, 2.05) is 12.1 Å². The summed E-state index contributed by atoms with van der Waals surface area (Å²) in [6, 6.07) is 3.75. The quantitative estimate of drug-likeness (QED) is 0.321. The normalized spacial score (nSPS) is 28.2. The van der Waals surface area contributed by atoms with E-state index in [-0.39, 0.29) is 17.4 Å². The summed E-state index contributed by atoms with van der Waals surface area (Å²) in [5, 5.41) is 8.61. The number of nitrogens with zero attached hydrogens (tertiary/aromatic N) is 2. The first-order valence-electron chi connectivity index (χ1n) is 16.5. The molecule has 2 aromatic rings. The van der Waals surface area contributed by atoms with E-state index in [9.17, 15) is 9.59 Å². The molecule has 0 spiro atoms. The fourth-order valence-corrected chi connectivity index (χ4v) is 9.93. The molecule has 7 nitrogen and oxygen atoms in total. The molecule has 2 amide bonds. The number of hydrogen-bond donors (Lipinski definition) is 3. The van der Waals surface area contributed by atoms with Crippen LogP contribution in [0.2, 0.25) is 0 Å². The average Bonchev–Trinajstić information content (AvgIpc) is 3.61. The van der Waals surface area contributed by atoms with Gasteiger partial charge in [-0.25, -0.2) is 0 Å². The van der Waals surface area contributed by atoms with Crippen LogP contribution in [0.1, 0.15) is 107 Å². The van der Waals surface area contributed by atoms with E-state index in [1.54, 1.807) is 12.4 Å². The van der Waals surface area contributed by atoms with Crippen molar-refractivity contribution in [1.29, 1.82) is 0 Å². The zero-order chi connectivity index (χ0) is 28.1. The average molecular weight is 580 g/mol. The van der Waals surface area contributed by atoms with Crippen LogP contribution in [0.25, 0.3) is 10.9 Å². The first kappa shape index (κ1) is 29.0. The molecule has 2 saturated carbocycles. The highest BCUT2D eigenvalue weighted by Gasteiger charge is 2.52. The molecule has 4 fully saturated rings. The fourth-order valence-electron chi connectivity index (χ4n) is 8.31. The van der Waals surface area contributed by atoms with Crippen LogP contribution in [0.5, 0.6) is 0 Å². The summed E-state index contributed by atoms with van der Waals surface area (Å²) in [7, 11) is 0. The number of piperidine rings is 1. The number of rotatable bonds is 8. The van der Waals surface area contributed by atoms with Gasteiger partial charge >= 0.3 is 0 Å². The van der Waals surface area contributed by atoms with Crippen molar-refractivity contribution in [3.05, 3.63) is 30.2 Å². The summed E-state index contributed by atoms with van der Waals surface area (Å²) >= 11 is 2.10. The minimum Gasteiger partial charge on any atom is -0.351 e. The van der Waals surface area contributed by atoms with Crippen molar-refractivity contribution in [3.63, 3.8) is 0 Å². The molecule has 0 bridgehead atoms. The lowest BCUT2D eigenvalue weighted by atomic mass is 9.66. The molecule has 224 valence electrons. The molecule has 2 saturated heterocycles. The predicted molar refractivity (Wildman–Crippen MR) is 167 cm³/mol. The van der Waals surface area contributed by atoms with Crippen molar-refractivity contribution >= 4 is 34.5 Å². The van der Waals surface area contributed by atoms with Gasteiger partial charge in [-0.2, -0.15) is 0 Å². The minimum absolute atomic E-state index is 0.0514. The van der Waals surface area contributed by atoms with Gasteiger partial charge in [0, 0.05) is 65.5 Å². The number of fused-ring (bicyclic) bond motifs is 2. The van der Waals surface area contributed by atoms with Crippen LogP contribution in [0.15, 0.2) is 24.5 Å². The maximum Gasteiger partial charge on any atom is 0.267 e. The highest BCUT2D eigenvalue weighted by Crippen LogP contribution is 2.50. The van der Waals surface area contributed by atoms with Gasteiger partial charge in [0.2, 0.25) is 5.91 Å². The lowest BCUT2D eigenvalue weighted by Crippen LogP contribution is -2.57. The molecule has 3 atom stereocenters. The maximum atomic E-state index is 13.6. The van der Waals surface area contributed by atoms with E-state index in [0.717, 1.165) is 74.3 Å². The number of nitrogens with one attached hydrogen (secondary N) is 3. The topological polar surface area (TPSA) is 90.1 Å². The Morgan fingerprint density at radius 3 is 2.66 bits per heavy atom. The summed E-state index contributed by atoms with van der Waals surface area (Å²) < 4.78 is 0. The lowest BCUT2D eigenvalue weighted by molar-refractivity contribution is -0.138. The first-order chi connectivity index (χ1) is 20.1. The summed E-state index contributed by atoms with van der Waals surface area (Å²) in [6.07, 6.45) is 22.2. The second-order valence-corrected chi connectivity index (χ2v) is 14.4. The molecule has 3 unspecified atom stereocenters. The third kappa shape index (κ3) is 6.64. The highest BCUT2D eigenvalue weighted by atomic mass is 32.2. The standard InChI is InChI=1S/C33H49N5O2S/c39-31(29-20-26-22-34-17-12-28(26)37-29)35-16-7-6-8-24-13-18-38(19-14-24)32(40)25-11-15-33(30(21-25)41-23-36-33)27-9-4-2-1-3-5-10-27/h12,17,20,22,24-25,27,30,36-37H,1-11,13-16,18-19,21,23H2,(H,35,39). The van der Waals surface area contributed by atoms with Crippen LogP contribution < -0.4 is 10.6 Å². The maximum absolute atomic E-state index is 13.6. The molecule has 41 heavy (non-hydrogen) atoms. The predicted octanol–water partition coefficient (Wildman–Crippen LogP) is 6.26. The second-order valence-electron chi connectivity index (χ2n) is 13.2. The van der Waals surface area contributed by atoms with Gasteiger partial charge in [-0.1, -0.05) is 44.9 Å². The van der Waals surface area contributed by atoms with Crippen LogP contribution in [0.4, 0.5) is 0 Å². The summed E-state index contributed by atoms with van der Waals surface area (Å²) in [6.45, 7) is 2.55. The van der Waals surface area contributed by atoms with E-state index in [2.05, 4.69) is 37.3 Å². The fraction of sp³-hybridized carbons (Fsp3) is 0.727. The number of pyridine rings is 1. The molecule has 0 aromatic carbocycles. The number of thioether (sulfide) groups is 1. The van der Waals surface area contributed by atoms with Gasteiger partial charge in [0.1, 0.15) is 5.69 Å². The molecule has 8 heteroatoms. The van der Waals surface area contributed by atoms with Crippen LogP contribution >= 0.6 is 11.8 Å². The summed E-state index contributed by atoms with van der Waals surface area (Å²) in [5.41, 5.74) is 1.82. The van der Waals surface area contributed by atoms with Crippen LogP contribution in [-0.2, 0) is 4.79 Å². The van der Waals surface area contributed by atoms with Crippen molar-refractivity contribution in [2.75, 3.05) is 25.5 Å². The molecule has 2 aromatic heterocycles. The van der Waals surface area contributed by atoms with Crippen molar-refractivity contribution in [2.24, 2.45) is 17.8 Å². The van der Waals surface area contributed by atoms with Gasteiger partial charge in [-0.15, -0.1) is 11.8 Å². The van der Waals surface area contributed by atoms with Gasteiger partial charge in [0.25, 0.3) is 5.91 Å². The summed E-state index contributed by atoms with van der Waals surface area (Å²) in [5.74, 6) is 3.18. The Kier molecular flexibility index (Phi) is 9.56. The largest absolute Gasteiger partial charge is 0.351 e. The van der Waals surface area contributed by atoms with E-state index in [1.165, 1.54) is 57.8 Å².